The Bertz CT molecular complexity index is 367. The van der Waals surface area contributed by atoms with Crippen molar-refractivity contribution in [3.05, 3.63) is 34.9 Å². The lowest BCUT2D eigenvalue weighted by Crippen LogP contribution is -2.97. The van der Waals surface area contributed by atoms with Gasteiger partial charge in [-0.15, -0.1) is 0 Å². The van der Waals surface area contributed by atoms with Crippen molar-refractivity contribution in [3.8, 4) is 0 Å². The molecule has 0 amide bonds. The fourth-order valence-corrected chi connectivity index (χ4v) is 1.61. The summed E-state index contributed by atoms with van der Waals surface area (Å²) in [7, 11) is 0. The van der Waals surface area contributed by atoms with E-state index >= 15 is 0 Å². The molecule has 0 saturated carbocycles. The minimum atomic E-state index is -0.543. The van der Waals surface area contributed by atoms with Gasteiger partial charge >= 0.3 is 0 Å². The fourth-order valence-electron chi connectivity index (χ4n) is 1.48. The largest absolute Gasteiger partial charge is 0.390 e. The Kier molecular flexibility index (Phi) is 6.75. The van der Waals surface area contributed by atoms with E-state index in [0.717, 1.165) is 5.56 Å². The van der Waals surface area contributed by atoms with Crippen LogP contribution in [0.5, 0.6) is 0 Å². The van der Waals surface area contributed by atoms with Crippen molar-refractivity contribution in [3.63, 3.8) is 0 Å². The van der Waals surface area contributed by atoms with Crippen LogP contribution in [0.4, 0.5) is 0 Å². The Balaban J connectivity index is 2.20. The van der Waals surface area contributed by atoms with E-state index in [0.29, 0.717) is 18.2 Å². The molecule has 0 aliphatic rings. The number of rotatable bonds is 8. The van der Waals surface area contributed by atoms with Crippen LogP contribution in [0.3, 0.4) is 0 Å². The van der Waals surface area contributed by atoms with Crippen molar-refractivity contribution in [2.45, 2.75) is 32.1 Å². The molecule has 1 atom stereocenters. The lowest BCUT2D eigenvalue weighted by molar-refractivity contribution is -0.727. The third-order valence-electron chi connectivity index (χ3n) is 2.84. The molecule has 0 unspecified atom stereocenters. The van der Waals surface area contributed by atoms with Gasteiger partial charge in [-0.3, -0.25) is 0 Å². The zero-order valence-electron chi connectivity index (χ0n) is 11.5. The van der Waals surface area contributed by atoms with E-state index in [4.69, 9.17) is 21.4 Å². The van der Waals surface area contributed by atoms with E-state index in [2.05, 4.69) is 0 Å². The molecule has 4 N–H and O–H groups in total. The first-order valence-electron chi connectivity index (χ1n) is 6.38. The van der Waals surface area contributed by atoms with Crippen LogP contribution in [0.1, 0.15) is 19.4 Å². The summed E-state index contributed by atoms with van der Waals surface area (Å²) in [6.07, 6.45) is -0.543. The van der Waals surface area contributed by atoms with Gasteiger partial charge in [-0.25, -0.2) is 0 Å². The molecule has 1 aromatic rings. The smallest absolute Gasteiger partial charge is 0.126 e. The highest BCUT2D eigenvalue weighted by molar-refractivity contribution is 6.30. The highest BCUT2D eigenvalue weighted by atomic mass is 35.5. The number of benzene rings is 1. The Hall–Kier alpha value is -0.650. The second kappa shape index (κ2) is 7.82. The molecular formula is C14H23ClNO3+. The third kappa shape index (κ3) is 6.89. The summed E-state index contributed by atoms with van der Waals surface area (Å²) in [4.78, 5) is 0. The van der Waals surface area contributed by atoms with E-state index in [-0.39, 0.29) is 18.8 Å². The Morgan fingerprint density at radius 2 is 1.95 bits per heavy atom. The van der Waals surface area contributed by atoms with Crippen molar-refractivity contribution < 1.29 is 20.3 Å². The molecule has 0 aromatic heterocycles. The zero-order valence-corrected chi connectivity index (χ0v) is 12.2. The molecule has 0 spiro atoms. The van der Waals surface area contributed by atoms with Crippen LogP contribution >= 0.6 is 11.6 Å². The molecular weight excluding hydrogens is 266 g/mol. The first kappa shape index (κ1) is 16.4. The number of aliphatic hydroxyl groups is 2. The number of hydrogen-bond donors (Lipinski definition) is 3. The predicted molar refractivity (Wildman–Crippen MR) is 75.1 cm³/mol. The predicted octanol–water partition coefficient (Wildman–Crippen LogP) is 0.552. The third-order valence-corrected chi connectivity index (χ3v) is 3.09. The molecule has 19 heavy (non-hydrogen) atoms. The highest BCUT2D eigenvalue weighted by Gasteiger charge is 2.21. The maximum atomic E-state index is 9.77. The van der Waals surface area contributed by atoms with Crippen LogP contribution in [-0.2, 0) is 11.3 Å². The number of quaternary nitrogens is 1. The summed E-state index contributed by atoms with van der Waals surface area (Å²) in [5.74, 6) is 0. The number of halogens is 1. The zero-order chi connectivity index (χ0) is 14.3. The van der Waals surface area contributed by atoms with E-state index in [1.165, 1.54) is 0 Å². The molecule has 1 aromatic carbocycles. The van der Waals surface area contributed by atoms with Crippen LogP contribution in [-0.4, -0.2) is 41.6 Å². The molecule has 0 fully saturated rings. The lowest BCUT2D eigenvalue weighted by Gasteiger charge is -2.21. The number of hydrogen-bond acceptors (Lipinski definition) is 3. The Labute approximate surface area is 119 Å². The maximum Gasteiger partial charge on any atom is 0.126 e. The second-order valence-electron chi connectivity index (χ2n) is 5.38. The molecule has 108 valence electrons. The quantitative estimate of drug-likeness (QED) is 0.655. The van der Waals surface area contributed by atoms with E-state index in [9.17, 15) is 5.11 Å². The van der Waals surface area contributed by atoms with Crippen LogP contribution in [0.15, 0.2) is 24.3 Å². The van der Waals surface area contributed by atoms with Crippen LogP contribution in [0, 0.1) is 0 Å². The summed E-state index contributed by atoms with van der Waals surface area (Å²) in [5.41, 5.74) is 0.758. The van der Waals surface area contributed by atoms with Gasteiger partial charge in [0.2, 0.25) is 0 Å². The van der Waals surface area contributed by atoms with Gasteiger partial charge in [-0.05, 0) is 31.5 Å². The molecule has 5 heteroatoms. The minimum absolute atomic E-state index is 0.0748. The standard InChI is InChI=1S/C14H22ClNO3/c1-14(2,10-17)16-7-13(18)9-19-8-11-3-5-12(15)6-4-11/h3-6,13,16-18H,7-10H2,1-2H3/p+1/t13-/m1/s1. The first-order chi connectivity index (χ1) is 8.93. The van der Waals surface area contributed by atoms with Gasteiger partial charge in [-0.1, -0.05) is 23.7 Å². The summed E-state index contributed by atoms with van der Waals surface area (Å²) in [6.45, 7) is 5.17. The monoisotopic (exact) mass is 288 g/mol. The first-order valence-corrected chi connectivity index (χ1v) is 6.76. The van der Waals surface area contributed by atoms with Crippen molar-refractivity contribution in [2.75, 3.05) is 19.8 Å². The molecule has 0 aliphatic heterocycles. The summed E-state index contributed by atoms with van der Waals surface area (Å²) in [5, 5.41) is 21.5. The number of nitrogens with two attached hydrogens (primary N) is 1. The Morgan fingerprint density at radius 3 is 2.53 bits per heavy atom. The summed E-state index contributed by atoms with van der Waals surface area (Å²) >= 11 is 5.79. The molecule has 4 nitrogen and oxygen atoms in total. The van der Waals surface area contributed by atoms with Gasteiger partial charge < -0.3 is 20.3 Å². The van der Waals surface area contributed by atoms with Gasteiger partial charge in [0, 0.05) is 5.02 Å². The number of aliphatic hydroxyl groups excluding tert-OH is 2. The van der Waals surface area contributed by atoms with Gasteiger partial charge in [-0.2, -0.15) is 0 Å². The maximum absolute atomic E-state index is 9.77. The van der Waals surface area contributed by atoms with Gasteiger partial charge in [0.15, 0.2) is 0 Å². The van der Waals surface area contributed by atoms with Crippen molar-refractivity contribution in [1.29, 1.82) is 0 Å². The Morgan fingerprint density at radius 1 is 1.32 bits per heavy atom. The summed E-state index contributed by atoms with van der Waals surface area (Å²) < 4.78 is 5.44. The minimum Gasteiger partial charge on any atom is -0.390 e. The van der Waals surface area contributed by atoms with Crippen molar-refractivity contribution in [1.82, 2.24) is 0 Å². The van der Waals surface area contributed by atoms with E-state index in [1.807, 2.05) is 43.4 Å². The van der Waals surface area contributed by atoms with E-state index in [1.54, 1.807) is 0 Å². The van der Waals surface area contributed by atoms with Crippen molar-refractivity contribution >= 4 is 11.6 Å². The molecule has 0 aliphatic carbocycles. The molecule has 1 rings (SSSR count). The topological polar surface area (TPSA) is 66.3 Å². The molecule has 0 bridgehead atoms. The average Bonchev–Trinajstić information content (AvgIpc) is 2.39. The van der Waals surface area contributed by atoms with Crippen LogP contribution < -0.4 is 5.32 Å². The second-order valence-corrected chi connectivity index (χ2v) is 5.82. The number of ether oxygens (including phenoxy) is 1. The van der Waals surface area contributed by atoms with E-state index < -0.39 is 6.10 Å². The molecule has 0 heterocycles. The van der Waals surface area contributed by atoms with Crippen molar-refractivity contribution in [2.24, 2.45) is 0 Å². The van der Waals surface area contributed by atoms with Gasteiger partial charge in [0.25, 0.3) is 0 Å². The lowest BCUT2D eigenvalue weighted by atomic mass is 10.1. The SMILES string of the molecule is CC(C)(CO)[NH2+]C[C@@H](O)COCc1ccc(Cl)cc1. The average molecular weight is 289 g/mol. The highest BCUT2D eigenvalue weighted by Crippen LogP contribution is 2.10. The molecule has 0 saturated heterocycles. The summed E-state index contributed by atoms with van der Waals surface area (Å²) in [6, 6.07) is 7.42. The van der Waals surface area contributed by atoms with Crippen LogP contribution in [0.25, 0.3) is 0 Å². The molecule has 0 radical (unpaired) electrons. The normalized spacial score (nSPS) is 13.5. The fraction of sp³-hybridized carbons (Fsp3) is 0.571. The van der Waals surface area contributed by atoms with Crippen LogP contribution in [0.2, 0.25) is 5.02 Å². The van der Waals surface area contributed by atoms with Gasteiger partial charge in [0.05, 0.1) is 19.8 Å². The van der Waals surface area contributed by atoms with Gasteiger partial charge in [0.1, 0.15) is 18.2 Å².